The van der Waals surface area contributed by atoms with Gasteiger partial charge in [-0.2, -0.15) is 5.26 Å². The SMILES string of the molecule is CC[CH]CC(N)C#N. The third-order valence-electron chi connectivity index (χ3n) is 0.875. The summed E-state index contributed by atoms with van der Waals surface area (Å²) in [7, 11) is 0. The van der Waals surface area contributed by atoms with Crippen LogP contribution < -0.4 is 5.73 Å². The van der Waals surface area contributed by atoms with Gasteiger partial charge in [-0.15, -0.1) is 0 Å². The average molecular weight is 111 g/mol. The second kappa shape index (κ2) is 4.61. The molecular formula is C6H11N2. The van der Waals surface area contributed by atoms with E-state index in [0.29, 0.717) is 6.42 Å². The molecule has 1 unspecified atom stereocenters. The van der Waals surface area contributed by atoms with Gasteiger partial charge in [0.15, 0.2) is 0 Å². The molecule has 0 aliphatic heterocycles. The number of hydrogen-bond donors (Lipinski definition) is 1. The zero-order valence-electron chi connectivity index (χ0n) is 5.09. The second-order valence-corrected chi connectivity index (χ2v) is 1.67. The number of unbranched alkanes of at least 4 members (excludes halogenated alkanes) is 1. The Hall–Kier alpha value is -0.550. The van der Waals surface area contributed by atoms with Crippen LogP contribution in [-0.4, -0.2) is 6.04 Å². The summed E-state index contributed by atoms with van der Waals surface area (Å²) < 4.78 is 0. The van der Waals surface area contributed by atoms with Crippen LogP contribution in [0.5, 0.6) is 0 Å². The number of hydrogen-bond acceptors (Lipinski definition) is 2. The number of nitrogens with two attached hydrogens (primary N) is 1. The maximum absolute atomic E-state index is 8.17. The van der Waals surface area contributed by atoms with Crippen LogP contribution in [0.4, 0.5) is 0 Å². The van der Waals surface area contributed by atoms with Crippen molar-refractivity contribution in [2.75, 3.05) is 0 Å². The standard InChI is InChI=1S/C6H11N2/c1-2-3-4-6(8)5-7/h3,6H,2,4,8H2,1H3. The minimum atomic E-state index is -0.296. The second-order valence-electron chi connectivity index (χ2n) is 1.67. The quantitative estimate of drug-likeness (QED) is 0.586. The fourth-order valence-electron chi connectivity index (χ4n) is 0.399. The molecule has 0 aromatic heterocycles. The number of nitrogens with zero attached hydrogens (tertiary/aromatic N) is 1. The van der Waals surface area contributed by atoms with Crippen molar-refractivity contribution in [1.82, 2.24) is 0 Å². The summed E-state index contributed by atoms with van der Waals surface area (Å²) in [5.41, 5.74) is 5.27. The van der Waals surface area contributed by atoms with E-state index in [0.717, 1.165) is 6.42 Å². The third kappa shape index (κ3) is 3.63. The van der Waals surface area contributed by atoms with Crippen molar-refractivity contribution in [3.63, 3.8) is 0 Å². The van der Waals surface area contributed by atoms with E-state index in [1.54, 1.807) is 0 Å². The van der Waals surface area contributed by atoms with Gasteiger partial charge in [0.1, 0.15) is 0 Å². The van der Waals surface area contributed by atoms with Gasteiger partial charge in [-0.1, -0.05) is 13.3 Å². The lowest BCUT2D eigenvalue weighted by Gasteiger charge is -1.96. The first-order chi connectivity index (χ1) is 3.81. The lowest BCUT2D eigenvalue weighted by molar-refractivity contribution is 0.780. The summed E-state index contributed by atoms with van der Waals surface area (Å²) in [6.07, 6.45) is 3.72. The maximum atomic E-state index is 8.17. The molecule has 45 valence electrons. The smallest absolute Gasteiger partial charge is 0.0930 e. The van der Waals surface area contributed by atoms with Crippen LogP contribution in [0.3, 0.4) is 0 Å². The molecule has 2 heteroatoms. The summed E-state index contributed by atoms with van der Waals surface area (Å²) in [5.74, 6) is 0. The summed E-state index contributed by atoms with van der Waals surface area (Å²) >= 11 is 0. The lowest BCUT2D eigenvalue weighted by Crippen LogP contribution is -2.16. The highest BCUT2D eigenvalue weighted by molar-refractivity contribution is 4.89. The van der Waals surface area contributed by atoms with E-state index in [4.69, 9.17) is 11.0 Å². The minimum Gasteiger partial charge on any atom is -0.316 e. The Morgan fingerprint density at radius 1 is 1.88 bits per heavy atom. The monoisotopic (exact) mass is 111 g/mol. The number of nitriles is 1. The normalized spacial score (nSPS) is 12.6. The predicted molar refractivity (Wildman–Crippen MR) is 32.8 cm³/mol. The van der Waals surface area contributed by atoms with Crippen LogP contribution in [0.25, 0.3) is 0 Å². The minimum absolute atomic E-state index is 0.296. The third-order valence-corrected chi connectivity index (χ3v) is 0.875. The van der Waals surface area contributed by atoms with Gasteiger partial charge in [-0.3, -0.25) is 0 Å². The van der Waals surface area contributed by atoms with Gasteiger partial charge in [-0.25, -0.2) is 0 Å². The Bertz CT molecular complexity index is 83.0. The molecule has 0 aliphatic rings. The average Bonchev–Trinajstić information content (AvgIpc) is 1.83. The molecule has 0 spiro atoms. The van der Waals surface area contributed by atoms with E-state index in [1.807, 2.05) is 19.4 Å². The molecule has 2 N–H and O–H groups in total. The summed E-state index contributed by atoms with van der Waals surface area (Å²) in [6.45, 7) is 2.03. The highest BCUT2D eigenvalue weighted by atomic mass is 14.6. The Balaban J connectivity index is 3.02. The molecule has 0 bridgehead atoms. The molecule has 0 fully saturated rings. The highest BCUT2D eigenvalue weighted by Gasteiger charge is 1.95. The molecule has 0 rings (SSSR count). The fourth-order valence-corrected chi connectivity index (χ4v) is 0.399. The molecule has 0 saturated carbocycles. The molecule has 0 amide bonds. The molecule has 8 heavy (non-hydrogen) atoms. The van der Waals surface area contributed by atoms with Crippen molar-refractivity contribution in [2.45, 2.75) is 25.8 Å². The first-order valence-electron chi connectivity index (χ1n) is 2.78. The van der Waals surface area contributed by atoms with Gasteiger partial charge in [0.2, 0.25) is 0 Å². The van der Waals surface area contributed by atoms with Crippen molar-refractivity contribution in [3.05, 3.63) is 6.42 Å². The fraction of sp³-hybridized carbons (Fsp3) is 0.667. The largest absolute Gasteiger partial charge is 0.316 e. The first kappa shape index (κ1) is 7.45. The molecule has 0 aliphatic carbocycles. The van der Waals surface area contributed by atoms with Crippen LogP contribution >= 0.6 is 0 Å². The van der Waals surface area contributed by atoms with Crippen LogP contribution in [0.1, 0.15) is 19.8 Å². The molecule has 0 aromatic carbocycles. The van der Waals surface area contributed by atoms with Crippen molar-refractivity contribution in [2.24, 2.45) is 5.73 Å². The Morgan fingerprint density at radius 3 is 2.88 bits per heavy atom. The molecule has 1 radical (unpaired) electrons. The Kier molecular flexibility index (Phi) is 4.29. The Morgan fingerprint density at radius 2 is 2.50 bits per heavy atom. The van der Waals surface area contributed by atoms with E-state index in [9.17, 15) is 0 Å². The predicted octanol–water partition coefficient (Wildman–Crippen LogP) is 0.842. The zero-order valence-corrected chi connectivity index (χ0v) is 5.09. The van der Waals surface area contributed by atoms with Crippen LogP contribution in [-0.2, 0) is 0 Å². The van der Waals surface area contributed by atoms with Gasteiger partial charge in [0.25, 0.3) is 0 Å². The van der Waals surface area contributed by atoms with Gasteiger partial charge in [0, 0.05) is 0 Å². The van der Waals surface area contributed by atoms with E-state index in [1.165, 1.54) is 0 Å². The summed E-state index contributed by atoms with van der Waals surface area (Å²) in [4.78, 5) is 0. The molecular weight excluding hydrogens is 100 g/mol. The van der Waals surface area contributed by atoms with Gasteiger partial charge in [0.05, 0.1) is 12.1 Å². The highest BCUT2D eigenvalue weighted by Crippen LogP contribution is 1.93. The zero-order chi connectivity index (χ0) is 6.41. The van der Waals surface area contributed by atoms with Crippen LogP contribution in [0.2, 0.25) is 0 Å². The van der Waals surface area contributed by atoms with E-state index >= 15 is 0 Å². The van der Waals surface area contributed by atoms with Gasteiger partial charge < -0.3 is 5.73 Å². The van der Waals surface area contributed by atoms with Gasteiger partial charge >= 0.3 is 0 Å². The van der Waals surface area contributed by atoms with E-state index in [2.05, 4.69) is 0 Å². The van der Waals surface area contributed by atoms with E-state index in [-0.39, 0.29) is 6.04 Å². The van der Waals surface area contributed by atoms with Crippen molar-refractivity contribution >= 4 is 0 Å². The van der Waals surface area contributed by atoms with Crippen molar-refractivity contribution in [3.8, 4) is 6.07 Å². The molecule has 1 atom stereocenters. The molecule has 0 saturated heterocycles. The molecule has 2 nitrogen and oxygen atoms in total. The maximum Gasteiger partial charge on any atom is 0.0930 e. The van der Waals surface area contributed by atoms with Crippen LogP contribution in [0, 0.1) is 17.8 Å². The first-order valence-corrected chi connectivity index (χ1v) is 2.78. The number of rotatable bonds is 3. The van der Waals surface area contributed by atoms with Crippen molar-refractivity contribution in [1.29, 1.82) is 5.26 Å². The van der Waals surface area contributed by atoms with Crippen molar-refractivity contribution < 1.29 is 0 Å². The topological polar surface area (TPSA) is 49.8 Å². The summed E-state index contributed by atoms with van der Waals surface area (Å²) in [5, 5.41) is 8.17. The van der Waals surface area contributed by atoms with Gasteiger partial charge in [-0.05, 0) is 12.8 Å². The Labute approximate surface area is 50.3 Å². The van der Waals surface area contributed by atoms with Crippen LogP contribution in [0.15, 0.2) is 0 Å². The molecule has 0 aromatic rings. The molecule has 0 heterocycles. The lowest BCUT2D eigenvalue weighted by atomic mass is 10.1. The summed E-state index contributed by atoms with van der Waals surface area (Å²) in [6, 6.07) is 1.65. The van der Waals surface area contributed by atoms with E-state index < -0.39 is 0 Å².